The number of likely N-dealkylation sites (N-methyl/N-ethyl adjacent to an activating group) is 2. The van der Waals surface area contributed by atoms with Gasteiger partial charge in [-0.2, -0.15) is 20.7 Å². The highest BCUT2D eigenvalue weighted by Crippen LogP contribution is 2.30. The number of carbonyl (C=O) groups excluding carboxylic acids is 4. The standard InChI is InChI=1S/C22H21N5O3.C15H13IN4O.C7H9NO2/c1-26-11-10-22(30,21(26)29)9-8-14-12-16(7-6-15(14)13-23)27-18-5-3-2-4-17(18)19(25-27)20(24)28;16-12-7-10(6-5-9(12)8-17)20-13-4-2-1-3-11(13)14(19-20)15(18)21;1-3-7(10)4-5-8(2)6(7)9/h6-7,12,30H,2-5,10-11H2,1H3,(H2,24,28);5-7H,1-4H2,(H2,18,21);1,10H,4-5H2,2H3/t22-;;7-/m0.0/s1. The van der Waals surface area contributed by atoms with Crippen LogP contribution in [0.25, 0.3) is 11.4 Å². The van der Waals surface area contributed by atoms with E-state index in [1.807, 2.05) is 12.1 Å². The topological polar surface area (TPSA) is 250 Å². The van der Waals surface area contributed by atoms with Gasteiger partial charge in [0.15, 0.2) is 11.4 Å². The fourth-order valence-corrected chi connectivity index (χ4v) is 8.36. The number of amides is 4. The molecule has 2 atom stereocenters. The first-order valence-corrected chi connectivity index (χ1v) is 20.7. The van der Waals surface area contributed by atoms with Crippen LogP contribution in [0.4, 0.5) is 0 Å². The van der Waals surface area contributed by atoms with Crippen molar-refractivity contribution in [3.05, 3.63) is 90.6 Å². The molecule has 8 rings (SSSR count). The molecule has 0 radical (unpaired) electrons. The Morgan fingerprint density at radius 2 is 1.20 bits per heavy atom. The summed E-state index contributed by atoms with van der Waals surface area (Å²) < 4.78 is 4.36. The van der Waals surface area contributed by atoms with Crippen molar-refractivity contribution in [1.82, 2.24) is 29.4 Å². The fraction of sp³-hybridized carbons (Fsp3) is 0.364. The van der Waals surface area contributed by atoms with E-state index in [1.165, 1.54) is 9.80 Å². The highest BCUT2D eigenvalue weighted by molar-refractivity contribution is 14.1. The van der Waals surface area contributed by atoms with Gasteiger partial charge in [-0.25, -0.2) is 9.36 Å². The summed E-state index contributed by atoms with van der Waals surface area (Å²) in [4.78, 5) is 49.5. The van der Waals surface area contributed by atoms with Gasteiger partial charge in [0, 0.05) is 71.7 Å². The van der Waals surface area contributed by atoms with Crippen LogP contribution in [0.15, 0.2) is 36.4 Å². The zero-order valence-corrected chi connectivity index (χ0v) is 35.8. The zero-order chi connectivity index (χ0) is 44.2. The largest absolute Gasteiger partial charge is 0.369 e. The van der Waals surface area contributed by atoms with Crippen LogP contribution in [0.2, 0.25) is 0 Å². The average molecular weight is 935 g/mol. The molecule has 0 spiro atoms. The molecule has 2 fully saturated rings. The van der Waals surface area contributed by atoms with Crippen molar-refractivity contribution < 1.29 is 29.4 Å². The van der Waals surface area contributed by atoms with Crippen LogP contribution in [0.1, 0.15) is 98.7 Å². The molecule has 16 nitrogen and oxygen atoms in total. The zero-order valence-electron chi connectivity index (χ0n) is 33.7. The van der Waals surface area contributed by atoms with Gasteiger partial charge in [-0.15, -0.1) is 6.42 Å². The van der Waals surface area contributed by atoms with Crippen molar-refractivity contribution in [3.63, 3.8) is 0 Å². The molecule has 2 aliphatic carbocycles. The quantitative estimate of drug-likeness (QED) is 0.172. The van der Waals surface area contributed by atoms with Gasteiger partial charge < -0.3 is 31.5 Å². The molecule has 6 N–H and O–H groups in total. The lowest BCUT2D eigenvalue weighted by Crippen LogP contribution is -2.37. The van der Waals surface area contributed by atoms with Crippen LogP contribution < -0.4 is 11.5 Å². The SMILES string of the molecule is C#C[C@]1(O)CCN(C)C1=O.CN1CC[C@@](O)(C#Cc2cc(-n3nc(C(N)=O)c4c3CCCC4)ccc2C#N)C1=O.N#Cc1ccc(-n2nc(C(N)=O)c3c2CCCC3)cc1I. The smallest absolute Gasteiger partial charge is 0.269 e. The number of carbonyl (C=O) groups is 4. The number of aromatic nitrogens is 4. The van der Waals surface area contributed by atoms with Gasteiger partial charge in [0.05, 0.1) is 22.5 Å². The molecule has 2 saturated heterocycles. The summed E-state index contributed by atoms with van der Waals surface area (Å²) in [6.45, 7) is 0.962. The third-order valence-corrected chi connectivity index (χ3v) is 12.1. The highest BCUT2D eigenvalue weighted by Gasteiger charge is 2.43. The molecule has 61 heavy (non-hydrogen) atoms. The van der Waals surface area contributed by atoms with Crippen LogP contribution in [0.3, 0.4) is 0 Å². The predicted molar refractivity (Wildman–Crippen MR) is 230 cm³/mol. The maximum Gasteiger partial charge on any atom is 0.269 e. The number of fused-ring (bicyclic) bond motifs is 2. The van der Waals surface area contributed by atoms with E-state index in [-0.39, 0.29) is 18.0 Å². The number of aliphatic hydroxyl groups is 2. The third-order valence-electron chi connectivity index (χ3n) is 11.2. The van der Waals surface area contributed by atoms with E-state index >= 15 is 0 Å². The molecule has 4 aliphatic rings. The van der Waals surface area contributed by atoms with E-state index < -0.39 is 28.9 Å². The van der Waals surface area contributed by atoms with E-state index in [0.717, 1.165) is 83.1 Å². The number of hydrogen-bond acceptors (Lipinski definition) is 10. The number of nitriles is 2. The number of nitrogens with two attached hydrogens (primary N) is 2. The Balaban J connectivity index is 0.000000173. The Labute approximate surface area is 366 Å². The van der Waals surface area contributed by atoms with Crippen molar-refractivity contribution in [2.24, 2.45) is 11.5 Å². The summed E-state index contributed by atoms with van der Waals surface area (Å²) in [6, 6.07) is 14.8. The Bertz CT molecular complexity index is 2650. The van der Waals surface area contributed by atoms with E-state index in [9.17, 15) is 34.7 Å². The minimum atomic E-state index is -1.75. The normalized spacial score (nSPS) is 20.0. The Morgan fingerprint density at radius 1 is 0.738 bits per heavy atom. The Morgan fingerprint density at radius 3 is 1.61 bits per heavy atom. The minimum Gasteiger partial charge on any atom is -0.369 e. The minimum absolute atomic E-state index is 0.214. The van der Waals surface area contributed by atoms with Crippen molar-refractivity contribution in [1.29, 1.82) is 10.5 Å². The number of terminal acetylenes is 1. The van der Waals surface area contributed by atoms with E-state index in [4.69, 9.17) is 23.2 Å². The molecule has 0 bridgehead atoms. The number of hydrogen-bond donors (Lipinski definition) is 4. The van der Waals surface area contributed by atoms with Gasteiger partial charge in [0.25, 0.3) is 23.6 Å². The lowest BCUT2D eigenvalue weighted by molar-refractivity contribution is -0.138. The van der Waals surface area contributed by atoms with Gasteiger partial charge >= 0.3 is 0 Å². The van der Waals surface area contributed by atoms with E-state index in [2.05, 4.69) is 62.7 Å². The van der Waals surface area contributed by atoms with Crippen LogP contribution in [0.5, 0.6) is 0 Å². The number of halogens is 1. The van der Waals surface area contributed by atoms with Gasteiger partial charge in [0.1, 0.15) is 12.1 Å². The maximum atomic E-state index is 12.2. The predicted octanol–water partition coefficient (Wildman–Crippen LogP) is 2.21. The van der Waals surface area contributed by atoms with Crippen LogP contribution in [0, 0.1) is 50.4 Å². The van der Waals surface area contributed by atoms with Crippen molar-refractivity contribution in [2.45, 2.75) is 75.4 Å². The first-order chi connectivity index (χ1) is 29.0. The Kier molecular flexibility index (Phi) is 13.0. The van der Waals surface area contributed by atoms with Gasteiger partial charge in [-0.3, -0.25) is 19.2 Å². The van der Waals surface area contributed by atoms with Gasteiger partial charge in [0.2, 0.25) is 11.2 Å². The molecule has 4 amide bonds. The summed E-state index contributed by atoms with van der Waals surface area (Å²) in [7, 11) is 3.23. The number of benzene rings is 2. The Hall–Kier alpha value is -6.51. The van der Waals surface area contributed by atoms with Crippen LogP contribution >= 0.6 is 22.6 Å². The summed E-state index contributed by atoms with van der Waals surface area (Å²) in [5.41, 5.74) is 15.1. The van der Waals surface area contributed by atoms with Crippen molar-refractivity contribution >= 4 is 46.2 Å². The molecular formula is C44H43IN10O6. The van der Waals surface area contributed by atoms with Gasteiger partial charge in [-0.1, -0.05) is 17.8 Å². The molecule has 0 unspecified atom stereocenters. The lowest BCUT2D eigenvalue weighted by atomic mass is 9.95. The third kappa shape index (κ3) is 8.86. The molecule has 17 heteroatoms. The number of rotatable bonds is 4. The molecule has 4 aromatic rings. The molecule has 312 valence electrons. The molecule has 2 aliphatic heterocycles. The first-order valence-electron chi connectivity index (χ1n) is 19.6. The average Bonchev–Trinajstić information content (AvgIpc) is 3.99. The molecule has 2 aromatic carbocycles. The summed E-state index contributed by atoms with van der Waals surface area (Å²) >= 11 is 2.13. The second kappa shape index (κ2) is 18.0. The lowest BCUT2D eigenvalue weighted by Gasteiger charge is -2.15. The second-order valence-corrected chi connectivity index (χ2v) is 16.4. The molecule has 2 aromatic heterocycles. The van der Waals surface area contributed by atoms with E-state index in [0.29, 0.717) is 47.6 Å². The van der Waals surface area contributed by atoms with E-state index in [1.54, 1.807) is 47.7 Å². The summed E-state index contributed by atoms with van der Waals surface area (Å²) in [6.07, 6.45) is 12.9. The number of primary amides is 2. The summed E-state index contributed by atoms with van der Waals surface area (Å²) in [5.74, 6) is 5.70. The summed E-state index contributed by atoms with van der Waals surface area (Å²) in [5, 5.41) is 47.2. The highest BCUT2D eigenvalue weighted by atomic mass is 127. The number of likely N-dealkylation sites (tertiary alicyclic amines) is 2. The van der Waals surface area contributed by atoms with Crippen molar-refractivity contribution in [2.75, 3.05) is 27.2 Å². The van der Waals surface area contributed by atoms with Crippen molar-refractivity contribution in [3.8, 4) is 47.7 Å². The van der Waals surface area contributed by atoms with Crippen LogP contribution in [-0.2, 0) is 35.3 Å². The molecule has 4 heterocycles. The number of nitrogens with zero attached hydrogens (tertiary/aromatic N) is 8. The monoisotopic (exact) mass is 934 g/mol. The second-order valence-electron chi connectivity index (χ2n) is 15.2. The van der Waals surface area contributed by atoms with Crippen LogP contribution in [-0.4, -0.2) is 102 Å². The molecular weight excluding hydrogens is 891 g/mol. The van der Waals surface area contributed by atoms with Gasteiger partial charge in [-0.05, 0) is 110 Å². The fourth-order valence-electron chi connectivity index (χ4n) is 7.74. The maximum absolute atomic E-state index is 12.2. The first kappa shape index (κ1) is 44.1. The molecule has 0 saturated carbocycles.